The monoisotopic (exact) mass is 394 g/mol. The van der Waals surface area contributed by atoms with Gasteiger partial charge in [-0.3, -0.25) is 19.5 Å². The molecule has 2 amide bonds. The van der Waals surface area contributed by atoms with Crippen LogP contribution < -0.4 is 15.8 Å². The lowest BCUT2D eigenvalue weighted by atomic mass is 10.0. The van der Waals surface area contributed by atoms with Gasteiger partial charge in [-0.2, -0.15) is 0 Å². The summed E-state index contributed by atoms with van der Waals surface area (Å²) in [7, 11) is 2.01. The number of pyridine rings is 1. The van der Waals surface area contributed by atoms with Gasteiger partial charge in [0, 0.05) is 29.9 Å². The van der Waals surface area contributed by atoms with Gasteiger partial charge in [0.15, 0.2) is 0 Å². The Bertz CT molecular complexity index is 930. The van der Waals surface area contributed by atoms with E-state index in [-0.39, 0.29) is 18.1 Å². The Morgan fingerprint density at radius 3 is 2.97 bits per heavy atom. The summed E-state index contributed by atoms with van der Waals surface area (Å²) >= 11 is 0. The summed E-state index contributed by atoms with van der Waals surface area (Å²) in [6, 6.07) is 7.61. The van der Waals surface area contributed by atoms with E-state index < -0.39 is 5.91 Å². The SMILES string of the molecule is CN1CCCCC1C(=O)NCC1Cc2cccc(-c3cncc(C(N)=O)c3)c2O1. The predicted molar refractivity (Wildman–Crippen MR) is 110 cm³/mol. The Labute approximate surface area is 170 Å². The number of primary amides is 1. The highest BCUT2D eigenvalue weighted by atomic mass is 16.5. The third-order valence-corrected chi connectivity index (χ3v) is 5.74. The smallest absolute Gasteiger partial charge is 0.250 e. The number of aromatic nitrogens is 1. The van der Waals surface area contributed by atoms with Crippen LogP contribution in [-0.2, 0) is 11.2 Å². The molecule has 0 radical (unpaired) electrons. The average Bonchev–Trinajstić information content (AvgIpc) is 3.15. The average molecular weight is 394 g/mol. The van der Waals surface area contributed by atoms with Crippen LogP contribution in [0, 0.1) is 0 Å². The number of piperidine rings is 1. The van der Waals surface area contributed by atoms with Crippen molar-refractivity contribution in [3.8, 4) is 16.9 Å². The first kappa shape index (κ1) is 19.4. The quantitative estimate of drug-likeness (QED) is 0.805. The van der Waals surface area contributed by atoms with Gasteiger partial charge in [-0.05, 0) is 38.1 Å². The molecule has 0 bridgehead atoms. The van der Waals surface area contributed by atoms with E-state index in [0.29, 0.717) is 12.1 Å². The lowest BCUT2D eigenvalue weighted by Crippen LogP contribution is -2.49. The van der Waals surface area contributed by atoms with Crippen molar-refractivity contribution < 1.29 is 14.3 Å². The van der Waals surface area contributed by atoms with Crippen molar-refractivity contribution in [1.29, 1.82) is 0 Å². The summed E-state index contributed by atoms with van der Waals surface area (Å²) < 4.78 is 6.19. The zero-order chi connectivity index (χ0) is 20.4. The molecule has 3 heterocycles. The molecule has 3 N–H and O–H groups in total. The van der Waals surface area contributed by atoms with Gasteiger partial charge in [-0.1, -0.05) is 24.6 Å². The Hall–Kier alpha value is -2.93. The number of benzene rings is 1. The van der Waals surface area contributed by atoms with E-state index >= 15 is 0 Å². The molecule has 2 unspecified atom stereocenters. The molecule has 2 aliphatic heterocycles. The third-order valence-electron chi connectivity index (χ3n) is 5.74. The van der Waals surface area contributed by atoms with Crippen molar-refractivity contribution in [3.05, 3.63) is 47.8 Å². The van der Waals surface area contributed by atoms with Crippen molar-refractivity contribution >= 4 is 11.8 Å². The number of carbonyl (C=O) groups is 2. The molecule has 29 heavy (non-hydrogen) atoms. The van der Waals surface area contributed by atoms with E-state index in [1.165, 1.54) is 6.20 Å². The number of para-hydroxylation sites is 1. The Balaban J connectivity index is 1.45. The van der Waals surface area contributed by atoms with Crippen molar-refractivity contribution in [2.24, 2.45) is 5.73 Å². The standard InChI is InChI=1S/C22H26N4O3/c1-26-8-3-2-7-19(26)22(28)25-13-17-10-14-5-4-6-18(20(14)29-17)15-9-16(21(23)27)12-24-11-15/h4-6,9,11-12,17,19H,2-3,7-8,10,13H2,1H3,(H2,23,27)(H,25,28). The molecule has 0 aliphatic carbocycles. The maximum atomic E-state index is 12.6. The molecule has 0 saturated carbocycles. The fourth-order valence-electron chi connectivity index (χ4n) is 4.14. The number of nitrogens with one attached hydrogen (secondary N) is 1. The van der Waals surface area contributed by atoms with Crippen LogP contribution in [0.3, 0.4) is 0 Å². The lowest BCUT2D eigenvalue weighted by Gasteiger charge is -2.31. The Morgan fingerprint density at radius 1 is 1.31 bits per heavy atom. The van der Waals surface area contributed by atoms with Gasteiger partial charge >= 0.3 is 0 Å². The highest BCUT2D eigenvalue weighted by Gasteiger charge is 2.29. The molecule has 7 heteroatoms. The van der Waals surface area contributed by atoms with Crippen molar-refractivity contribution in [2.45, 2.75) is 37.8 Å². The Morgan fingerprint density at radius 2 is 2.17 bits per heavy atom. The van der Waals surface area contributed by atoms with Crippen LogP contribution in [0.4, 0.5) is 0 Å². The number of hydrogen-bond acceptors (Lipinski definition) is 5. The lowest BCUT2D eigenvalue weighted by molar-refractivity contribution is -0.127. The molecule has 152 valence electrons. The summed E-state index contributed by atoms with van der Waals surface area (Å²) in [4.78, 5) is 30.3. The van der Waals surface area contributed by atoms with E-state index in [4.69, 9.17) is 10.5 Å². The first-order valence-electron chi connectivity index (χ1n) is 10.0. The minimum Gasteiger partial charge on any atom is -0.487 e. The summed E-state index contributed by atoms with van der Waals surface area (Å²) in [6.07, 6.45) is 6.91. The number of likely N-dealkylation sites (tertiary alicyclic amines) is 1. The molecular weight excluding hydrogens is 368 g/mol. The van der Waals surface area contributed by atoms with Crippen LogP contribution in [0.25, 0.3) is 11.1 Å². The van der Waals surface area contributed by atoms with Gasteiger partial charge in [-0.15, -0.1) is 0 Å². The van der Waals surface area contributed by atoms with E-state index in [0.717, 1.165) is 54.7 Å². The number of likely N-dealkylation sites (N-methyl/N-ethyl adjacent to an activating group) is 1. The molecule has 4 rings (SSSR count). The number of ether oxygens (including phenoxy) is 1. The number of fused-ring (bicyclic) bond motifs is 1. The summed E-state index contributed by atoms with van der Waals surface area (Å²) in [6.45, 7) is 1.43. The second kappa shape index (κ2) is 8.21. The Kier molecular flexibility index (Phi) is 5.49. The number of nitrogens with zero attached hydrogens (tertiary/aromatic N) is 2. The van der Waals surface area contributed by atoms with Crippen LogP contribution in [0.1, 0.15) is 35.2 Å². The molecule has 1 fully saturated rings. The first-order valence-corrected chi connectivity index (χ1v) is 10.0. The summed E-state index contributed by atoms with van der Waals surface area (Å²) in [5.74, 6) is 0.344. The van der Waals surface area contributed by atoms with Crippen LogP contribution >= 0.6 is 0 Å². The van der Waals surface area contributed by atoms with Crippen LogP contribution in [-0.4, -0.2) is 54.0 Å². The molecule has 1 aromatic carbocycles. The van der Waals surface area contributed by atoms with Crippen LogP contribution in [0.15, 0.2) is 36.7 Å². The van der Waals surface area contributed by atoms with E-state index in [1.54, 1.807) is 12.3 Å². The molecule has 7 nitrogen and oxygen atoms in total. The largest absolute Gasteiger partial charge is 0.487 e. The first-order chi connectivity index (χ1) is 14.0. The second-order valence-electron chi connectivity index (χ2n) is 7.80. The van der Waals surface area contributed by atoms with Gasteiger partial charge in [0.05, 0.1) is 18.2 Å². The van der Waals surface area contributed by atoms with Gasteiger partial charge in [0.25, 0.3) is 0 Å². The minimum absolute atomic E-state index is 0.0503. The van der Waals surface area contributed by atoms with Crippen LogP contribution in [0.5, 0.6) is 5.75 Å². The van der Waals surface area contributed by atoms with Gasteiger partial charge in [0.2, 0.25) is 11.8 Å². The number of rotatable bonds is 5. The topological polar surface area (TPSA) is 97.5 Å². The number of hydrogen-bond donors (Lipinski definition) is 2. The highest BCUT2D eigenvalue weighted by Crippen LogP contribution is 2.38. The molecule has 2 aliphatic rings. The normalized spacial score (nSPS) is 21.3. The van der Waals surface area contributed by atoms with Gasteiger partial charge in [-0.25, -0.2) is 0 Å². The van der Waals surface area contributed by atoms with E-state index in [2.05, 4.69) is 15.2 Å². The third kappa shape index (κ3) is 4.10. The predicted octanol–water partition coefficient (Wildman–Crippen LogP) is 1.75. The number of nitrogens with two attached hydrogens (primary N) is 1. The molecule has 1 saturated heterocycles. The molecule has 0 spiro atoms. The molecule has 2 aromatic rings. The van der Waals surface area contributed by atoms with E-state index in [9.17, 15) is 9.59 Å². The molecule has 2 atom stereocenters. The zero-order valence-corrected chi connectivity index (χ0v) is 16.6. The highest BCUT2D eigenvalue weighted by molar-refractivity contribution is 5.94. The van der Waals surface area contributed by atoms with Gasteiger partial charge in [0.1, 0.15) is 11.9 Å². The maximum Gasteiger partial charge on any atom is 0.250 e. The fraction of sp³-hybridized carbons (Fsp3) is 0.409. The van der Waals surface area contributed by atoms with Crippen molar-refractivity contribution in [2.75, 3.05) is 20.1 Å². The number of amides is 2. The minimum atomic E-state index is -0.513. The second-order valence-corrected chi connectivity index (χ2v) is 7.80. The maximum absolute atomic E-state index is 12.6. The van der Waals surface area contributed by atoms with Crippen molar-refractivity contribution in [3.63, 3.8) is 0 Å². The summed E-state index contributed by atoms with van der Waals surface area (Å²) in [5.41, 5.74) is 8.48. The van der Waals surface area contributed by atoms with E-state index in [1.807, 2.05) is 25.2 Å². The van der Waals surface area contributed by atoms with Gasteiger partial charge < -0.3 is 15.8 Å². The van der Waals surface area contributed by atoms with Crippen LogP contribution in [0.2, 0.25) is 0 Å². The number of carbonyl (C=O) groups excluding carboxylic acids is 2. The summed E-state index contributed by atoms with van der Waals surface area (Å²) in [5, 5.41) is 3.06. The van der Waals surface area contributed by atoms with Crippen molar-refractivity contribution in [1.82, 2.24) is 15.2 Å². The molecule has 1 aromatic heterocycles. The fourth-order valence-corrected chi connectivity index (χ4v) is 4.14. The molecular formula is C22H26N4O3. The zero-order valence-electron chi connectivity index (χ0n) is 16.6.